The third-order valence-corrected chi connectivity index (χ3v) is 7.07. The van der Waals surface area contributed by atoms with Crippen molar-refractivity contribution in [2.24, 2.45) is 0 Å². The first-order chi connectivity index (χ1) is 18.0. The molecule has 0 bridgehead atoms. The van der Waals surface area contributed by atoms with Crippen LogP contribution in [0.25, 0.3) is 6.08 Å². The Morgan fingerprint density at radius 2 is 1.84 bits per heavy atom. The van der Waals surface area contributed by atoms with Gasteiger partial charge < -0.3 is 19.7 Å². The highest BCUT2D eigenvalue weighted by Crippen LogP contribution is 2.30. The highest BCUT2D eigenvalue weighted by Gasteiger charge is 2.31. The van der Waals surface area contributed by atoms with E-state index in [9.17, 15) is 10.1 Å². The SMILES string of the molecule is CCC(CC)(NC(=O)/C(C#N)=C/c1cccc(Cl)n1)c1ccc(OCCOCCN2CCCCC2)cc1. The van der Waals surface area contributed by atoms with Crippen LogP contribution in [-0.4, -0.2) is 55.2 Å². The molecule has 198 valence electrons. The van der Waals surface area contributed by atoms with E-state index in [1.165, 1.54) is 38.4 Å². The van der Waals surface area contributed by atoms with E-state index in [2.05, 4.69) is 15.2 Å². The Kier molecular flexibility index (Phi) is 11.4. The minimum absolute atomic E-state index is 0.0266. The van der Waals surface area contributed by atoms with Crippen molar-refractivity contribution in [3.63, 3.8) is 0 Å². The van der Waals surface area contributed by atoms with E-state index in [1.807, 2.05) is 44.2 Å². The number of benzene rings is 1. The van der Waals surface area contributed by atoms with Crippen LogP contribution in [0.3, 0.4) is 0 Å². The van der Waals surface area contributed by atoms with Gasteiger partial charge in [-0.15, -0.1) is 0 Å². The van der Waals surface area contributed by atoms with Crippen molar-refractivity contribution >= 4 is 23.6 Å². The minimum Gasteiger partial charge on any atom is -0.491 e. The topological polar surface area (TPSA) is 87.5 Å². The maximum Gasteiger partial charge on any atom is 0.262 e. The number of likely N-dealkylation sites (tertiary alicyclic amines) is 1. The predicted molar refractivity (Wildman–Crippen MR) is 146 cm³/mol. The van der Waals surface area contributed by atoms with Gasteiger partial charge in [0.1, 0.15) is 29.2 Å². The molecular weight excluding hydrogens is 488 g/mol. The second kappa shape index (κ2) is 14.7. The second-order valence-corrected chi connectivity index (χ2v) is 9.57. The number of nitrogens with zero attached hydrogens (tertiary/aromatic N) is 3. The van der Waals surface area contributed by atoms with E-state index < -0.39 is 11.4 Å². The van der Waals surface area contributed by atoms with E-state index in [0.717, 1.165) is 24.5 Å². The predicted octanol–water partition coefficient (Wildman–Crippen LogP) is 5.35. The van der Waals surface area contributed by atoms with Gasteiger partial charge in [0.05, 0.1) is 24.4 Å². The average Bonchev–Trinajstić information content (AvgIpc) is 2.93. The number of hydrogen-bond donors (Lipinski definition) is 1. The number of piperidine rings is 1. The highest BCUT2D eigenvalue weighted by atomic mass is 35.5. The summed E-state index contributed by atoms with van der Waals surface area (Å²) in [5.41, 5.74) is 0.760. The monoisotopic (exact) mass is 524 g/mol. The summed E-state index contributed by atoms with van der Waals surface area (Å²) in [6, 6.07) is 14.8. The van der Waals surface area contributed by atoms with Crippen molar-refractivity contribution in [3.8, 4) is 11.8 Å². The van der Waals surface area contributed by atoms with Crippen LogP contribution in [0.1, 0.15) is 57.2 Å². The Hall–Kier alpha value is -2.92. The summed E-state index contributed by atoms with van der Waals surface area (Å²) in [5.74, 6) is 0.301. The van der Waals surface area contributed by atoms with E-state index in [-0.39, 0.29) is 5.57 Å². The fourth-order valence-corrected chi connectivity index (χ4v) is 4.73. The molecule has 2 heterocycles. The molecule has 7 nitrogen and oxygen atoms in total. The number of hydrogen-bond acceptors (Lipinski definition) is 6. The van der Waals surface area contributed by atoms with E-state index >= 15 is 0 Å². The van der Waals surface area contributed by atoms with Gasteiger partial charge in [0.15, 0.2) is 0 Å². The third-order valence-electron chi connectivity index (χ3n) is 6.86. The van der Waals surface area contributed by atoms with Crippen molar-refractivity contribution in [3.05, 3.63) is 64.4 Å². The molecule has 1 aliphatic heterocycles. The molecule has 0 saturated carbocycles. The summed E-state index contributed by atoms with van der Waals surface area (Å²) in [5, 5.41) is 13.0. The highest BCUT2D eigenvalue weighted by molar-refractivity contribution is 6.29. The molecule has 0 aliphatic carbocycles. The van der Waals surface area contributed by atoms with Crippen molar-refractivity contribution in [1.82, 2.24) is 15.2 Å². The molecule has 1 saturated heterocycles. The number of nitriles is 1. The first-order valence-corrected chi connectivity index (χ1v) is 13.5. The van der Waals surface area contributed by atoms with Crippen LogP contribution in [0, 0.1) is 11.3 Å². The van der Waals surface area contributed by atoms with Gasteiger partial charge in [-0.2, -0.15) is 5.26 Å². The van der Waals surface area contributed by atoms with Crippen molar-refractivity contribution in [2.75, 3.05) is 39.5 Å². The van der Waals surface area contributed by atoms with Gasteiger partial charge in [0.2, 0.25) is 0 Å². The Balaban J connectivity index is 1.55. The summed E-state index contributed by atoms with van der Waals surface area (Å²) in [6.07, 6.45) is 6.69. The summed E-state index contributed by atoms with van der Waals surface area (Å²) < 4.78 is 11.6. The van der Waals surface area contributed by atoms with Gasteiger partial charge in [0.25, 0.3) is 5.91 Å². The maximum absolute atomic E-state index is 13.1. The number of aromatic nitrogens is 1. The fraction of sp³-hybridized carbons (Fsp3) is 0.483. The van der Waals surface area contributed by atoms with Gasteiger partial charge in [-0.05, 0) is 74.7 Å². The van der Waals surface area contributed by atoms with Crippen molar-refractivity contribution in [1.29, 1.82) is 5.26 Å². The normalized spacial score (nSPS) is 14.7. The summed E-state index contributed by atoms with van der Waals surface area (Å²) >= 11 is 5.94. The standard InChI is InChI=1S/C29H37ClN4O3/c1-3-29(4-2,33-28(35)23(22-31)21-25-9-8-10-27(30)32-25)24-11-13-26(14-12-24)37-20-19-36-18-17-34-15-6-5-7-16-34/h8-14,21H,3-7,15-20H2,1-2H3,(H,33,35)/b23-21+. The number of pyridine rings is 1. The number of nitrogens with one attached hydrogen (secondary N) is 1. The average molecular weight is 525 g/mol. The number of carbonyl (C=O) groups is 1. The molecule has 3 rings (SSSR count). The lowest BCUT2D eigenvalue weighted by Gasteiger charge is -2.33. The molecule has 1 amide bonds. The Labute approximate surface area is 225 Å². The summed E-state index contributed by atoms with van der Waals surface area (Å²) in [7, 11) is 0. The summed E-state index contributed by atoms with van der Waals surface area (Å²) in [6.45, 7) is 9.13. The number of carbonyl (C=O) groups excluding carboxylic acids is 1. The van der Waals surface area contributed by atoms with Crippen LogP contribution < -0.4 is 10.1 Å². The lowest BCUT2D eigenvalue weighted by molar-refractivity contribution is -0.119. The van der Waals surface area contributed by atoms with E-state index in [4.69, 9.17) is 21.1 Å². The molecule has 0 radical (unpaired) electrons. The number of amides is 1. The molecule has 0 spiro atoms. The van der Waals surface area contributed by atoms with E-state index in [1.54, 1.807) is 18.2 Å². The fourth-order valence-electron chi connectivity index (χ4n) is 4.56. The zero-order valence-corrected chi connectivity index (χ0v) is 22.6. The smallest absolute Gasteiger partial charge is 0.262 e. The first kappa shape index (κ1) is 28.6. The first-order valence-electron chi connectivity index (χ1n) is 13.1. The lowest BCUT2D eigenvalue weighted by atomic mass is 9.84. The van der Waals surface area contributed by atoms with Crippen LogP contribution >= 0.6 is 11.6 Å². The molecule has 1 aromatic carbocycles. The molecule has 1 N–H and O–H groups in total. The van der Waals surface area contributed by atoms with Gasteiger partial charge >= 0.3 is 0 Å². The zero-order valence-electron chi connectivity index (χ0n) is 21.8. The molecule has 1 aliphatic rings. The maximum atomic E-state index is 13.1. The van der Waals surface area contributed by atoms with Crippen molar-refractivity contribution in [2.45, 2.75) is 51.5 Å². The van der Waals surface area contributed by atoms with Gasteiger partial charge in [-0.25, -0.2) is 4.98 Å². The molecule has 0 atom stereocenters. The van der Waals surface area contributed by atoms with Crippen LogP contribution in [0.2, 0.25) is 5.15 Å². The van der Waals surface area contributed by atoms with Crippen LogP contribution in [0.4, 0.5) is 0 Å². The van der Waals surface area contributed by atoms with Crippen LogP contribution in [0.15, 0.2) is 48.0 Å². The van der Waals surface area contributed by atoms with Gasteiger partial charge in [-0.1, -0.05) is 50.1 Å². The molecule has 8 heteroatoms. The minimum atomic E-state index is -0.620. The quantitative estimate of drug-likeness (QED) is 0.164. The Morgan fingerprint density at radius 3 is 2.49 bits per heavy atom. The molecule has 37 heavy (non-hydrogen) atoms. The Morgan fingerprint density at radius 1 is 1.11 bits per heavy atom. The van der Waals surface area contributed by atoms with Gasteiger partial charge in [-0.3, -0.25) is 4.79 Å². The van der Waals surface area contributed by atoms with E-state index in [0.29, 0.717) is 36.9 Å². The van der Waals surface area contributed by atoms with Crippen molar-refractivity contribution < 1.29 is 14.3 Å². The number of ether oxygens (including phenoxy) is 2. The number of halogens is 1. The zero-order chi connectivity index (χ0) is 26.5. The molecule has 1 fully saturated rings. The molecule has 0 unspecified atom stereocenters. The van der Waals surface area contributed by atoms with Crippen LogP contribution in [-0.2, 0) is 15.1 Å². The Bertz CT molecular complexity index is 1070. The molecule has 1 aromatic heterocycles. The van der Waals surface area contributed by atoms with Gasteiger partial charge in [0, 0.05) is 6.54 Å². The molecule has 2 aromatic rings. The second-order valence-electron chi connectivity index (χ2n) is 9.19. The largest absolute Gasteiger partial charge is 0.491 e. The molecular formula is C29H37ClN4O3. The lowest BCUT2D eigenvalue weighted by Crippen LogP contribution is -2.45. The summed E-state index contributed by atoms with van der Waals surface area (Å²) in [4.78, 5) is 19.7. The van der Waals surface area contributed by atoms with Crippen LogP contribution in [0.5, 0.6) is 5.75 Å². The number of rotatable bonds is 13. The third kappa shape index (κ3) is 8.57.